The number of halogens is 2. The highest BCUT2D eigenvalue weighted by Gasteiger charge is 2.32. The SMILES string of the molecule is CCc1ccccc1N=C1S/C(=C/c2ccccc2OCc2ccc(Cl)cc2Cl)C(=O)N1CC. The average Bonchev–Trinajstić information content (AvgIpc) is 3.13. The molecule has 34 heavy (non-hydrogen) atoms. The lowest BCUT2D eigenvalue weighted by molar-refractivity contribution is -0.122. The molecule has 0 saturated carbocycles. The van der Waals surface area contributed by atoms with E-state index in [1.54, 1.807) is 17.0 Å². The molecular weight excluding hydrogens is 487 g/mol. The van der Waals surface area contributed by atoms with Gasteiger partial charge in [0.2, 0.25) is 0 Å². The minimum absolute atomic E-state index is 0.0595. The van der Waals surface area contributed by atoms with E-state index in [4.69, 9.17) is 32.9 Å². The number of hydrogen-bond acceptors (Lipinski definition) is 4. The first-order valence-corrected chi connectivity index (χ1v) is 12.6. The number of benzene rings is 3. The molecule has 1 aliphatic rings. The Morgan fingerprint density at radius 3 is 2.53 bits per heavy atom. The normalized spacial score (nSPS) is 16.0. The molecule has 1 saturated heterocycles. The van der Waals surface area contributed by atoms with Gasteiger partial charge in [-0.05, 0) is 61.0 Å². The third kappa shape index (κ3) is 5.49. The van der Waals surface area contributed by atoms with Gasteiger partial charge in [-0.1, -0.05) is 72.6 Å². The Bertz CT molecular complexity index is 1270. The molecule has 0 aliphatic carbocycles. The van der Waals surface area contributed by atoms with Crippen LogP contribution in [-0.2, 0) is 17.8 Å². The smallest absolute Gasteiger partial charge is 0.266 e. The molecule has 3 aromatic carbocycles. The summed E-state index contributed by atoms with van der Waals surface area (Å²) in [4.78, 5) is 20.3. The minimum atomic E-state index is -0.0595. The van der Waals surface area contributed by atoms with E-state index in [0.717, 1.165) is 28.8 Å². The molecule has 1 amide bonds. The van der Waals surface area contributed by atoms with Crippen molar-refractivity contribution < 1.29 is 9.53 Å². The molecule has 3 aromatic rings. The molecule has 1 aliphatic heterocycles. The zero-order valence-electron chi connectivity index (χ0n) is 18.9. The van der Waals surface area contributed by atoms with E-state index in [9.17, 15) is 4.79 Å². The molecule has 174 valence electrons. The first-order valence-electron chi connectivity index (χ1n) is 11.0. The number of aliphatic imine (C=N–C) groups is 1. The summed E-state index contributed by atoms with van der Waals surface area (Å²) in [5.41, 5.74) is 3.69. The average molecular weight is 511 g/mol. The van der Waals surface area contributed by atoms with Gasteiger partial charge in [-0.3, -0.25) is 9.69 Å². The topological polar surface area (TPSA) is 41.9 Å². The summed E-state index contributed by atoms with van der Waals surface area (Å²) in [7, 11) is 0. The molecule has 1 fully saturated rings. The standard InChI is InChI=1S/C27H24Cl2N2O2S/c1-3-18-9-5-7-11-23(18)30-27-31(4-2)26(32)25(34-27)15-19-10-6-8-12-24(19)33-17-20-13-14-21(28)16-22(20)29/h5-16H,3-4,17H2,1-2H3/b25-15+,30-27?. The zero-order chi connectivity index (χ0) is 24.1. The maximum absolute atomic E-state index is 13.1. The highest BCUT2D eigenvalue weighted by atomic mass is 35.5. The predicted octanol–water partition coefficient (Wildman–Crippen LogP) is 7.76. The fourth-order valence-electron chi connectivity index (χ4n) is 3.56. The fourth-order valence-corrected chi connectivity index (χ4v) is 5.07. The van der Waals surface area contributed by atoms with Crippen molar-refractivity contribution in [3.63, 3.8) is 0 Å². The number of likely N-dealkylation sites (N-methyl/N-ethyl adjacent to an activating group) is 1. The van der Waals surface area contributed by atoms with Gasteiger partial charge < -0.3 is 4.74 Å². The van der Waals surface area contributed by atoms with Crippen LogP contribution < -0.4 is 4.74 Å². The number of hydrogen-bond donors (Lipinski definition) is 0. The maximum atomic E-state index is 13.1. The molecule has 0 radical (unpaired) electrons. The number of rotatable bonds is 7. The predicted molar refractivity (Wildman–Crippen MR) is 143 cm³/mol. The van der Waals surface area contributed by atoms with E-state index in [2.05, 4.69) is 13.0 Å². The summed E-state index contributed by atoms with van der Waals surface area (Å²) in [6.07, 6.45) is 2.74. The number of nitrogens with zero attached hydrogens (tertiary/aromatic N) is 2. The number of carbonyl (C=O) groups excluding carboxylic acids is 1. The quantitative estimate of drug-likeness (QED) is 0.305. The van der Waals surface area contributed by atoms with Gasteiger partial charge in [0, 0.05) is 27.7 Å². The van der Waals surface area contributed by atoms with Crippen LogP contribution in [-0.4, -0.2) is 22.5 Å². The zero-order valence-corrected chi connectivity index (χ0v) is 21.3. The first-order chi connectivity index (χ1) is 16.5. The number of amides is 1. The van der Waals surface area contributed by atoms with Crippen LogP contribution in [0.3, 0.4) is 0 Å². The largest absolute Gasteiger partial charge is 0.488 e. The first kappa shape index (κ1) is 24.4. The van der Waals surface area contributed by atoms with Crippen molar-refractivity contribution in [2.24, 2.45) is 4.99 Å². The van der Waals surface area contributed by atoms with Crippen molar-refractivity contribution in [2.45, 2.75) is 26.9 Å². The molecular formula is C27H24Cl2N2O2S. The van der Waals surface area contributed by atoms with Crippen molar-refractivity contribution >= 4 is 57.8 Å². The lowest BCUT2D eigenvalue weighted by Crippen LogP contribution is -2.28. The second-order valence-electron chi connectivity index (χ2n) is 7.60. The van der Waals surface area contributed by atoms with Crippen LogP contribution in [0.25, 0.3) is 6.08 Å². The van der Waals surface area contributed by atoms with Crippen molar-refractivity contribution in [1.82, 2.24) is 4.90 Å². The highest BCUT2D eigenvalue weighted by Crippen LogP contribution is 2.36. The number of amidine groups is 1. The van der Waals surface area contributed by atoms with Crippen LogP contribution in [0.1, 0.15) is 30.5 Å². The van der Waals surface area contributed by atoms with Gasteiger partial charge in [-0.25, -0.2) is 4.99 Å². The summed E-state index contributed by atoms with van der Waals surface area (Å²) >= 11 is 13.7. The van der Waals surface area contributed by atoms with Gasteiger partial charge in [-0.2, -0.15) is 0 Å². The maximum Gasteiger partial charge on any atom is 0.266 e. The number of carbonyl (C=O) groups is 1. The molecule has 7 heteroatoms. The van der Waals surface area contributed by atoms with Crippen LogP contribution >= 0.6 is 35.0 Å². The number of ether oxygens (including phenoxy) is 1. The molecule has 0 bridgehead atoms. The van der Waals surface area contributed by atoms with E-state index < -0.39 is 0 Å². The Labute approximate surface area is 214 Å². The van der Waals surface area contributed by atoms with Gasteiger partial charge in [0.1, 0.15) is 12.4 Å². The van der Waals surface area contributed by atoms with Gasteiger partial charge in [-0.15, -0.1) is 0 Å². The number of aryl methyl sites for hydroxylation is 1. The van der Waals surface area contributed by atoms with E-state index in [0.29, 0.717) is 39.0 Å². The van der Waals surface area contributed by atoms with Gasteiger partial charge >= 0.3 is 0 Å². The lowest BCUT2D eigenvalue weighted by Gasteiger charge is -2.13. The Balaban J connectivity index is 1.60. The Morgan fingerprint density at radius 2 is 1.76 bits per heavy atom. The van der Waals surface area contributed by atoms with Crippen molar-refractivity contribution in [3.8, 4) is 5.75 Å². The summed E-state index contributed by atoms with van der Waals surface area (Å²) in [5.74, 6) is 0.606. The van der Waals surface area contributed by atoms with Crippen LogP contribution in [0.4, 0.5) is 5.69 Å². The third-order valence-corrected chi connectivity index (χ3v) is 6.99. The van der Waals surface area contributed by atoms with Crippen molar-refractivity contribution in [3.05, 3.63) is 98.4 Å². The number of thioether (sulfide) groups is 1. The Hall–Kier alpha value is -2.73. The van der Waals surface area contributed by atoms with Crippen LogP contribution in [0, 0.1) is 0 Å². The molecule has 0 atom stereocenters. The van der Waals surface area contributed by atoms with Crippen molar-refractivity contribution in [1.29, 1.82) is 0 Å². The van der Waals surface area contributed by atoms with Crippen LogP contribution in [0.2, 0.25) is 10.0 Å². The van der Waals surface area contributed by atoms with Crippen LogP contribution in [0.5, 0.6) is 5.75 Å². The summed E-state index contributed by atoms with van der Waals surface area (Å²) in [6, 6.07) is 21.0. The minimum Gasteiger partial charge on any atom is -0.488 e. The molecule has 0 aromatic heterocycles. The van der Waals surface area contributed by atoms with E-state index in [1.807, 2.05) is 61.5 Å². The molecule has 0 N–H and O–H groups in total. The second kappa shape index (κ2) is 11.1. The fraction of sp³-hybridized carbons (Fsp3) is 0.185. The van der Waals surface area contributed by atoms with Gasteiger partial charge in [0.15, 0.2) is 5.17 Å². The Morgan fingerprint density at radius 1 is 1.00 bits per heavy atom. The monoisotopic (exact) mass is 510 g/mol. The van der Waals surface area contributed by atoms with E-state index in [1.165, 1.54) is 11.8 Å². The summed E-state index contributed by atoms with van der Waals surface area (Å²) in [6.45, 7) is 4.89. The molecule has 4 nitrogen and oxygen atoms in total. The van der Waals surface area contributed by atoms with Crippen molar-refractivity contribution in [2.75, 3.05) is 6.54 Å². The lowest BCUT2D eigenvalue weighted by atomic mass is 10.1. The molecule has 1 heterocycles. The molecule has 4 rings (SSSR count). The van der Waals surface area contributed by atoms with Gasteiger partial charge in [0.25, 0.3) is 5.91 Å². The summed E-state index contributed by atoms with van der Waals surface area (Å²) in [5, 5.41) is 1.82. The highest BCUT2D eigenvalue weighted by molar-refractivity contribution is 8.18. The number of para-hydroxylation sites is 2. The van der Waals surface area contributed by atoms with E-state index in [-0.39, 0.29) is 5.91 Å². The van der Waals surface area contributed by atoms with Crippen LogP contribution in [0.15, 0.2) is 76.6 Å². The summed E-state index contributed by atoms with van der Waals surface area (Å²) < 4.78 is 6.06. The van der Waals surface area contributed by atoms with Gasteiger partial charge in [0.05, 0.1) is 10.6 Å². The molecule has 0 spiro atoms. The van der Waals surface area contributed by atoms with E-state index >= 15 is 0 Å². The Kier molecular flexibility index (Phi) is 7.99. The second-order valence-corrected chi connectivity index (χ2v) is 9.45. The third-order valence-electron chi connectivity index (χ3n) is 5.40. The molecule has 0 unspecified atom stereocenters.